The van der Waals surface area contributed by atoms with Gasteiger partial charge >= 0.3 is 0 Å². The lowest BCUT2D eigenvalue weighted by Gasteiger charge is -2.16. The third-order valence-electron chi connectivity index (χ3n) is 1.98. The van der Waals surface area contributed by atoms with Gasteiger partial charge < -0.3 is 9.64 Å². The van der Waals surface area contributed by atoms with Crippen LogP contribution in [-0.2, 0) is 4.74 Å². The average Bonchev–Trinajstić information content (AvgIpc) is 2.25. The Morgan fingerprint density at radius 2 is 2.40 bits per heavy atom. The Bertz CT molecular complexity index is 344. The standard InChI is InChI=1S/C10H13ClN2O2/c1-13(5-6-15-2)10(14)8-7-12-4-3-9(8)11/h3-4,7H,5-6H2,1-2H3. The van der Waals surface area contributed by atoms with E-state index in [0.29, 0.717) is 23.7 Å². The van der Waals surface area contributed by atoms with Gasteiger partial charge in [-0.1, -0.05) is 11.6 Å². The molecular formula is C10H13ClN2O2. The van der Waals surface area contributed by atoms with Crippen LogP contribution in [0.4, 0.5) is 0 Å². The molecule has 0 N–H and O–H groups in total. The molecule has 0 aliphatic heterocycles. The number of methoxy groups -OCH3 is 1. The number of carbonyl (C=O) groups is 1. The van der Waals surface area contributed by atoms with Crippen LogP contribution in [0.3, 0.4) is 0 Å². The molecule has 0 fully saturated rings. The van der Waals surface area contributed by atoms with Crippen LogP contribution in [0.1, 0.15) is 10.4 Å². The summed E-state index contributed by atoms with van der Waals surface area (Å²) in [5.74, 6) is -0.148. The fraction of sp³-hybridized carbons (Fsp3) is 0.400. The van der Waals surface area contributed by atoms with E-state index in [1.807, 2.05) is 0 Å². The van der Waals surface area contributed by atoms with E-state index >= 15 is 0 Å². The van der Waals surface area contributed by atoms with Gasteiger partial charge in [0.25, 0.3) is 5.91 Å². The molecule has 82 valence electrons. The fourth-order valence-electron chi connectivity index (χ4n) is 1.07. The molecule has 0 atom stereocenters. The summed E-state index contributed by atoms with van der Waals surface area (Å²) in [6, 6.07) is 1.60. The molecule has 0 aromatic carbocycles. The Kier molecular flexibility index (Phi) is 4.52. The molecule has 1 heterocycles. The Hall–Kier alpha value is -1.13. The number of hydrogen-bond acceptors (Lipinski definition) is 3. The van der Waals surface area contributed by atoms with Crippen molar-refractivity contribution in [2.45, 2.75) is 0 Å². The lowest BCUT2D eigenvalue weighted by atomic mass is 10.2. The van der Waals surface area contributed by atoms with Crippen LogP contribution in [0.15, 0.2) is 18.5 Å². The number of halogens is 1. The Morgan fingerprint density at radius 1 is 1.67 bits per heavy atom. The molecule has 0 aliphatic rings. The van der Waals surface area contributed by atoms with Crippen LogP contribution in [-0.4, -0.2) is 43.1 Å². The second-order valence-corrected chi connectivity index (χ2v) is 3.48. The zero-order chi connectivity index (χ0) is 11.3. The first-order valence-corrected chi connectivity index (χ1v) is 4.88. The third kappa shape index (κ3) is 3.18. The monoisotopic (exact) mass is 228 g/mol. The van der Waals surface area contributed by atoms with Gasteiger partial charge in [-0.25, -0.2) is 0 Å². The molecule has 5 heteroatoms. The van der Waals surface area contributed by atoms with Gasteiger partial charge in [0.1, 0.15) is 0 Å². The lowest BCUT2D eigenvalue weighted by Crippen LogP contribution is -2.30. The second-order valence-electron chi connectivity index (χ2n) is 3.08. The molecule has 0 unspecified atom stereocenters. The van der Waals surface area contributed by atoms with Crippen molar-refractivity contribution in [1.29, 1.82) is 0 Å². The van der Waals surface area contributed by atoms with E-state index in [-0.39, 0.29) is 5.91 Å². The maximum atomic E-state index is 11.8. The van der Waals surface area contributed by atoms with E-state index in [2.05, 4.69) is 4.98 Å². The van der Waals surface area contributed by atoms with Crippen molar-refractivity contribution in [3.8, 4) is 0 Å². The minimum Gasteiger partial charge on any atom is -0.383 e. The molecule has 0 aliphatic carbocycles. The van der Waals surface area contributed by atoms with Crippen LogP contribution < -0.4 is 0 Å². The van der Waals surface area contributed by atoms with Crippen LogP contribution in [0.25, 0.3) is 0 Å². The highest BCUT2D eigenvalue weighted by atomic mass is 35.5. The number of pyridine rings is 1. The number of carbonyl (C=O) groups excluding carboxylic acids is 1. The number of hydrogen-bond donors (Lipinski definition) is 0. The molecule has 1 amide bonds. The smallest absolute Gasteiger partial charge is 0.256 e. The summed E-state index contributed by atoms with van der Waals surface area (Å²) in [5.41, 5.74) is 0.415. The third-order valence-corrected chi connectivity index (χ3v) is 2.31. The molecule has 0 spiro atoms. The number of amides is 1. The number of ether oxygens (including phenoxy) is 1. The summed E-state index contributed by atoms with van der Waals surface area (Å²) in [6.07, 6.45) is 3.02. The van der Waals surface area contributed by atoms with Gasteiger partial charge in [-0.05, 0) is 6.07 Å². The zero-order valence-electron chi connectivity index (χ0n) is 8.74. The predicted octanol–water partition coefficient (Wildman–Crippen LogP) is 1.45. The molecule has 1 aromatic rings. The van der Waals surface area contributed by atoms with Crippen molar-refractivity contribution in [3.05, 3.63) is 29.0 Å². The summed E-state index contributed by atoms with van der Waals surface area (Å²) in [4.78, 5) is 17.2. The van der Waals surface area contributed by atoms with Gasteiger partial charge in [-0.3, -0.25) is 9.78 Å². The SMILES string of the molecule is COCCN(C)C(=O)c1cnccc1Cl. The summed E-state index contributed by atoms with van der Waals surface area (Å²) in [5, 5.41) is 0.416. The van der Waals surface area contributed by atoms with E-state index < -0.39 is 0 Å². The molecular weight excluding hydrogens is 216 g/mol. The quantitative estimate of drug-likeness (QED) is 0.784. The van der Waals surface area contributed by atoms with Gasteiger partial charge in [-0.2, -0.15) is 0 Å². The van der Waals surface area contributed by atoms with Gasteiger partial charge in [0, 0.05) is 33.1 Å². The van der Waals surface area contributed by atoms with Crippen molar-refractivity contribution in [2.24, 2.45) is 0 Å². The summed E-state index contributed by atoms with van der Waals surface area (Å²) in [7, 11) is 3.29. The molecule has 4 nitrogen and oxygen atoms in total. The van der Waals surface area contributed by atoms with Crippen molar-refractivity contribution < 1.29 is 9.53 Å². The summed E-state index contributed by atoms with van der Waals surface area (Å²) >= 11 is 5.88. The largest absolute Gasteiger partial charge is 0.383 e. The second kappa shape index (κ2) is 5.68. The first-order chi connectivity index (χ1) is 7.16. The number of nitrogens with zero attached hydrogens (tertiary/aromatic N) is 2. The van der Waals surface area contributed by atoms with E-state index in [0.717, 1.165) is 0 Å². The molecule has 0 bridgehead atoms. The molecule has 0 radical (unpaired) electrons. The van der Waals surface area contributed by atoms with E-state index in [1.165, 1.54) is 6.20 Å². The first-order valence-electron chi connectivity index (χ1n) is 4.50. The van der Waals surface area contributed by atoms with Crippen LogP contribution >= 0.6 is 11.6 Å². The first kappa shape index (κ1) is 11.9. The lowest BCUT2D eigenvalue weighted by molar-refractivity contribution is 0.0744. The summed E-state index contributed by atoms with van der Waals surface area (Å²) in [6.45, 7) is 1.03. The van der Waals surface area contributed by atoms with Crippen molar-refractivity contribution >= 4 is 17.5 Å². The molecule has 0 saturated carbocycles. The van der Waals surface area contributed by atoms with Gasteiger partial charge in [0.15, 0.2) is 0 Å². The fourth-order valence-corrected chi connectivity index (χ4v) is 1.26. The van der Waals surface area contributed by atoms with Crippen molar-refractivity contribution in [1.82, 2.24) is 9.88 Å². The van der Waals surface area contributed by atoms with Crippen LogP contribution in [0.5, 0.6) is 0 Å². The summed E-state index contributed by atoms with van der Waals surface area (Å²) < 4.78 is 4.89. The topological polar surface area (TPSA) is 42.4 Å². The van der Waals surface area contributed by atoms with E-state index in [9.17, 15) is 4.79 Å². The average molecular weight is 229 g/mol. The Balaban J connectivity index is 2.72. The minimum absolute atomic E-state index is 0.148. The van der Waals surface area contributed by atoms with Crippen LogP contribution in [0.2, 0.25) is 5.02 Å². The highest BCUT2D eigenvalue weighted by molar-refractivity contribution is 6.33. The normalized spacial score (nSPS) is 10.1. The molecule has 1 rings (SSSR count). The maximum Gasteiger partial charge on any atom is 0.256 e. The molecule has 0 saturated heterocycles. The van der Waals surface area contributed by atoms with E-state index in [4.69, 9.17) is 16.3 Å². The maximum absolute atomic E-state index is 11.8. The highest BCUT2D eigenvalue weighted by Crippen LogP contribution is 2.14. The van der Waals surface area contributed by atoms with Crippen LogP contribution in [0, 0.1) is 0 Å². The van der Waals surface area contributed by atoms with Gasteiger partial charge in [-0.15, -0.1) is 0 Å². The zero-order valence-corrected chi connectivity index (χ0v) is 9.49. The number of rotatable bonds is 4. The van der Waals surface area contributed by atoms with E-state index in [1.54, 1.807) is 31.3 Å². The molecule has 1 aromatic heterocycles. The van der Waals surface area contributed by atoms with Crippen molar-refractivity contribution in [2.75, 3.05) is 27.3 Å². The minimum atomic E-state index is -0.148. The highest BCUT2D eigenvalue weighted by Gasteiger charge is 2.14. The van der Waals surface area contributed by atoms with Gasteiger partial charge in [0.05, 0.1) is 17.2 Å². The predicted molar refractivity (Wildman–Crippen MR) is 58.1 cm³/mol. The Labute approximate surface area is 93.8 Å². The molecule has 15 heavy (non-hydrogen) atoms. The number of aromatic nitrogens is 1. The van der Waals surface area contributed by atoms with Crippen molar-refractivity contribution in [3.63, 3.8) is 0 Å². The number of likely N-dealkylation sites (N-methyl/N-ethyl adjacent to an activating group) is 1. The van der Waals surface area contributed by atoms with Gasteiger partial charge in [0.2, 0.25) is 0 Å². The Morgan fingerprint density at radius 3 is 3.00 bits per heavy atom.